The van der Waals surface area contributed by atoms with E-state index in [0.29, 0.717) is 23.0 Å². The highest BCUT2D eigenvalue weighted by atomic mass is 32.1. The SMILES string of the molecule is COc1nc2cc(N)nc(=S)n2nc1C. The van der Waals surface area contributed by atoms with E-state index in [0.717, 1.165) is 0 Å². The lowest BCUT2D eigenvalue weighted by atomic mass is 10.5. The molecule has 0 atom stereocenters. The Morgan fingerprint density at radius 1 is 1.47 bits per heavy atom. The first-order valence-electron chi connectivity index (χ1n) is 4.20. The first kappa shape index (κ1) is 9.78. The smallest absolute Gasteiger partial charge is 0.238 e. The molecule has 0 saturated heterocycles. The van der Waals surface area contributed by atoms with Crippen molar-refractivity contribution in [3.05, 3.63) is 16.5 Å². The van der Waals surface area contributed by atoms with E-state index >= 15 is 0 Å². The van der Waals surface area contributed by atoms with E-state index in [4.69, 9.17) is 22.7 Å². The zero-order valence-electron chi connectivity index (χ0n) is 8.26. The molecule has 0 bridgehead atoms. The molecular formula is C8H9N5OS. The lowest BCUT2D eigenvalue weighted by Gasteiger charge is -2.05. The summed E-state index contributed by atoms with van der Waals surface area (Å²) in [7, 11) is 1.53. The van der Waals surface area contributed by atoms with Crippen LogP contribution in [0.5, 0.6) is 5.88 Å². The molecule has 0 aliphatic heterocycles. The summed E-state index contributed by atoms with van der Waals surface area (Å²) >= 11 is 5.01. The van der Waals surface area contributed by atoms with E-state index in [1.54, 1.807) is 13.0 Å². The van der Waals surface area contributed by atoms with Crippen LogP contribution in [0.2, 0.25) is 0 Å². The van der Waals surface area contributed by atoms with Crippen LogP contribution in [-0.2, 0) is 0 Å². The Balaban J connectivity index is 2.87. The highest BCUT2D eigenvalue weighted by Crippen LogP contribution is 2.13. The third kappa shape index (κ3) is 1.61. The highest BCUT2D eigenvalue weighted by Gasteiger charge is 2.06. The van der Waals surface area contributed by atoms with Gasteiger partial charge in [-0.15, -0.1) is 0 Å². The van der Waals surface area contributed by atoms with E-state index in [-0.39, 0.29) is 4.77 Å². The number of ether oxygens (including phenoxy) is 1. The third-order valence-corrected chi connectivity index (χ3v) is 2.13. The van der Waals surface area contributed by atoms with Crippen molar-refractivity contribution in [3.8, 4) is 5.88 Å². The average Bonchev–Trinajstić information content (AvgIpc) is 2.18. The maximum absolute atomic E-state index is 5.55. The van der Waals surface area contributed by atoms with E-state index in [1.165, 1.54) is 11.6 Å². The first-order chi connectivity index (χ1) is 7.11. The van der Waals surface area contributed by atoms with Gasteiger partial charge in [-0.3, -0.25) is 0 Å². The van der Waals surface area contributed by atoms with Gasteiger partial charge < -0.3 is 10.5 Å². The van der Waals surface area contributed by atoms with Crippen molar-refractivity contribution in [2.24, 2.45) is 0 Å². The van der Waals surface area contributed by atoms with Crippen LogP contribution < -0.4 is 10.5 Å². The number of nitrogens with two attached hydrogens (primary N) is 1. The second-order valence-electron chi connectivity index (χ2n) is 2.94. The molecule has 2 N–H and O–H groups in total. The molecule has 7 heteroatoms. The molecule has 15 heavy (non-hydrogen) atoms. The number of hydrogen-bond donors (Lipinski definition) is 1. The zero-order chi connectivity index (χ0) is 11.0. The van der Waals surface area contributed by atoms with Crippen molar-refractivity contribution in [1.29, 1.82) is 0 Å². The summed E-state index contributed by atoms with van der Waals surface area (Å²) in [4.78, 5) is 8.12. The van der Waals surface area contributed by atoms with Crippen LogP contribution in [0.15, 0.2) is 6.07 Å². The van der Waals surface area contributed by atoms with Crippen LogP contribution >= 0.6 is 12.2 Å². The Kier molecular flexibility index (Phi) is 2.24. The summed E-state index contributed by atoms with van der Waals surface area (Å²) in [5.74, 6) is 0.773. The van der Waals surface area contributed by atoms with Gasteiger partial charge in [-0.1, -0.05) is 0 Å². The fraction of sp³-hybridized carbons (Fsp3) is 0.250. The molecule has 0 aliphatic carbocycles. The lowest BCUT2D eigenvalue weighted by molar-refractivity contribution is 0.390. The van der Waals surface area contributed by atoms with Gasteiger partial charge in [0.2, 0.25) is 10.7 Å². The Morgan fingerprint density at radius 3 is 2.87 bits per heavy atom. The molecule has 0 amide bonds. The van der Waals surface area contributed by atoms with E-state index < -0.39 is 0 Å². The van der Waals surface area contributed by atoms with Crippen LogP contribution in [0.4, 0.5) is 5.82 Å². The van der Waals surface area contributed by atoms with Gasteiger partial charge in [0.25, 0.3) is 0 Å². The molecule has 2 aromatic rings. The molecule has 0 unspecified atom stereocenters. The van der Waals surface area contributed by atoms with Crippen molar-refractivity contribution in [3.63, 3.8) is 0 Å². The van der Waals surface area contributed by atoms with Gasteiger partial charge in [0.1, 0.15) is 11.5 Å². The third-order valence-electron chi connectivity index (χ3n) is 1.87. The van der Waals surface area contributed by atoms with Gasteiger partial charge in [-0.05, 0) is 19.1 Å². The topological polar surface area (TPSA) is 78.3 Å². The van der Waals surface area contributed by atoms with Crippen LogP contribution in [0, 0.1) is 11.7 Å². The normalized spacial score (nSPS) is 10.5. The van der Waals surface area contributed by atoms with Gasteiger partial charge in [-0.2, -0.15) is 14.6 Å². The van der Waals surface area contributed by atoms with Crippen molar-refractivity contribution in [2.75, 3.05) is 12.8 Å². The predicted octanol–water partition coefficient (Wildman–Crippen LogP) is 0.753. The molecule has 2 rings (SSSR count). The number of fused-ring (bicyclic) bond motifs is 1. The first-order valence-corrected chi connectivity index (χ1v) is 4.61. The van der Waals surface area contributed by atoms with E-state index in [9.17, 15) is 0 Å². The molecule has 0 saturated carbocycles. The maximum Gasteiger partial charge on any atom is 0.238 e. The summed E-state index contributed by atoms with van der Waals surface area (Å²) in [5.41, 5.74) is 6.72. The maximum atomic E-state index is 5.55. The molecule has 0 radical (unpaired) electrons. The number of methoxy groups -OCH3 is 1. The number of rotatable bonds is 1. The minimum Gasteiger partial charge on any atom is -0.480 e. The molecule has 2 heterocycles. The van der Waals surface area contributed by atoms with Crippen molar-refractivity contribution >= 4 is 23.7 Å². The quantitative estimate of drug-likeness (QED) is 0.719. The number of nitrogen functional groups attached to an aromatic ring is 1. The predicted molar refractivity (Wildman–Crippen MR) is 57.3 cm³/mol. The minimum atomic E-state index is 0.281. The van der Waals surface area contributed by atoms with Crippen LogP contribution in [0.3, 0.4) is 0 Å². The molecule has 78 valence electrons. The van der Waals surface area contributed by atoms with E-state index in [2.05, 4.69) is 15.1 Å². The summed E-state index contributed by atoms with van der Waals surface area (Å²) in [6.45, 7) is 1.78. The molecule has 6 nitrogen and oxygen atoms in total. The summed E-state index contributed by atoms with van der Waals surface area (Å²) < 4.78 is 6.78. The molecule has 2 aromatic heterocycles. The second-order valence-corrected chi connectivity index (χ2v) is 3.31. The molecule has 0 aromatic carbocycles. The summed E-state index contributed by atoms with van der Waals surface area (Å²) in [6.07, 6.45) is 0. The monoisotopic (exact) mass is 223 g/mol. The number of nitrogens with zero attached hydrogens (tertiary/aromatic N) is 4. The minimum absolute atomic E-state index is 0.281. The van der Waals surface area contributed by atoms with Crippen molar-refractivity contribution in [1.82, 2.24) is 19.6 Å². The number of aryl methyl sites for hydroxylation is 1. The standard InChI is InChI=1S/C8H9N5OS/c1-4-7(14-2)11-6-3-5(9)10-8(15)13(6)12-4/h3H,1-2H3,(H2,9,10,15). The zero-order valence-corrected chi connectivity index (χ0v) is 9.08. The number of aromatic nitrogens is 4. The summed E-state index contributed by atoms with van der Waals surface area (Å²) in [6, 6.07) is 1.59. The fourth-order valence-corrected chi connectivity index (χ4v) is 1.47. The van der Waals surface area contributed by atoms with Crippen molar-refractivity contribution < 1.29 is 4.74 Å². The average molecular weight is 223 g/mol. The molecule has 0 fully saturated rings. The highest BCUT2D eigenvalue weighted by molar-refractivity contribution is 7.71. The Hall–Kier alpha value is -1.76. The van der Waals surface area contributed by atoms with Gasteiger partial charge in [-0.25, -0.2) is 4.98 Å². The van der Waals surface area contributed by atoms with Crippen molar-refractivity contribution in [2.45, 2.75) is 6.92 Å². The van der Waals surface area contributed by atoms with Gasteiger partial charge >= 0.3 is 0 Å². The molecular weight excluding hydrogens is 214 g/mol. The van der Waals surface area contributed by atoms with Crippen LogP contribution in [-0.4, -0.2) is 26.7 Å². The second kappa shape index (κ2) is 3.43. The lowest BCUT2D eigenvalue weighted by Crippen LogP contribution is -2.06. The Labute approximate surface area is 90.7 Å². The number of hydrogen-bond acceptors (Lipinski definition) is 6. The largest absolute Gasteiger partial charge is 0.480 e. The Morgan fingerprint density at radius 2 is 2.20 bits per heavy atom. The van der Waals surface area contributed by atoms with Crippen LogP contribution in [0.1, 0.15) is 5.69 Å². The van der Waals surface area contributed by atoms with Gasteiger partial charge in [0.05, 0.1) is 7.11 Å². The van der Waals surface area contributed by atoms with E-state index in [1.807, 2.05) is 0 Å². The fourth-order valence-electron chi connectivity index (χ4n) is 1.23. The van der Waals surface area contributed by atoms with Gasteiger partial charge in [0.15, 0.2) is 5.65 Å². The Bertz CT molecular complexity index is 579. The van der Waals surface area contributed by atoms with Crippen LogP contribution in [0.25, 0.3) is 5.65 Å². The molecule has 0 aliphatic rings. The number of anilines is 1. The summed E-state index contributed by atoms with van der Waals surface area (Å²) in [5, 5.41) is 4.19. The molecule has 0 spiro atoms. The van der Waals surface area contributed by atoms with Gasteiger partial charge in [0, 0.05) is 6.07 Å².